The summed E-state index contributed by atoms with van der Waals surface area (Å²) in [6, 6.07) is 6.88. The number of rotatable bonds is 4. The fraction of sp³-hybridized carbons (Fsp3) is 0.429. The van der Waals surface area contributed by atoms with E-state index in [1.807, 2.05) is 6.07 Å². The molecule has 1 aliphatic carbocycles. The Bertz CT molecular complexity index is 532. The van der Waals surface area contributed by atoms with Crippen LogP contribution in [0.5, 0.6) is 5.75 Å². The van der Waals surface area contributed by atoms with E-state index >= 15 is 0 Å². The van der Waals surface area contributed by atoms with Crippen LogP contribution in [0.4, 0.5) is 0 Å². The van der Waals surface area contributed by atoms with Crippen molar-refractivity contribution in [2.24, 2.45) is 0 Å². The number of ether oxygens (including phenoxy) is 2. The van der Waals surface area contributed by atoms with Crippen LogP contribution < -0.4 is 4.74 Å². The summed E-state index contributed by atoms with van der Waals surface area (Å²) in [5.41, 5.74) is -0.0294. The molecule has 100 valence electrons. The molecule has 1 saturated carbocycles. The number of hydrogen-bond donors (Lipinski definition) is 0. The van der Waals surface area contributed by atoms with Gasteiger partial charge in [-0.05, 0) is 37.5 Å². The van der Waals surface area contributed by atoms with Crippen LogP contribution in [0.15, 0.2) is 18.2 Å². The van der Waals surface area contributed by atoms with Gasteiger partial charge in [-0.15, -0.1) is 0 Å². The predicted molar refractivity (Wildman–Crippen MR) is 70.0 cm³/mol. The first-order valence-corrected chi connectivity index (χ1v) is 6.42. The Hall–Kier alpha value is -1.73. The summed E-state index contributed by atoms with van der Waals surface area (Å²) < 4.78 is 10.6. The highest BCUT2D eigenvalue weighted by Gasteiger charge is 2.42. The third kappa shape index (κ3) is 2.99. The molecule has 0 unspecified atom stereocenters. The van der Waals surface area contributed by atoms with Crippen molar-refractivity contribution in [1.29, 1.82) is 5.26 Å². The van der Waals surface area contributed by atoms with E-state index in [4.69, 9.17) is 26.3 Å². The van der Waals surface area contributed by atoms with Crippen LogP contribution in [0.2, 0.25) is 5.02 Å². The van der Waals surface area contributed by atoms with Gasteiger partial charge >= 0.3 is 5.97 Å². The molecule has 0 bridgehead atoms. The van der Waals surface area contributed by atoms with Gasteiger partial charge in [0.05, 0.1) is 30.2 Å². The number of methoxy groups -OCH3 is 1. The third-order valence-corrected chi connectivity index (χ3v) is 3.64. The maximum atomic E-state index is 11.4. The fourth-order valence-corrected chi connectivity index (χ4v) is 2.33. The summed E-state index contributed by atoms with van der Waals surface area (Å²) in [6.07, 6.45) is 2.85. The standard InChI is InChI=1S/C14H14ClNO3/c1-18-13(17)8-14(5-2-6-14)19-12-4-3-10(9-16)7-11(12)15/h3-4,7H,2,5-6,8H2,1H3. The van der Waals surface area contributed by atoms with E-state index < -0.39 is 5.60 Å². The molecule has 0 heterocycles. The second kappa shape index (κ2) is 5.50. The summed E-state index contributed by atoms with van der Waals surface area (Å²) in [5.74, 6) is 0.216. The van der Waals surface area contributed by atoms with Gasteiger partial charge in [0.15, 0.2) is 0 Å². The molecular weight excluding hydrogens is 266 g/mol. The first-order valence-electron chi connectivity index (χ1n) is 6.04. The van der Waals surface area contributed by atoms with E-state index in [1.165, 1.54) is 7.11 Å². The number of halogens is 1. The van der Waals surface area contributed by atoms with E-state index in [1.54, 1.807) is 18.2 Å². The van der Waals surface area contributed by atoms with E-state index in [0.717, 1.165) is 19.3 Å². The lowest BCUT2D eigenvalue weighted by Gasteiger charge is -2.41. The Kier molecular flexibility index (Phi) is 3.96. The molecule has 0 saturated heterocycles. The first-order chi connectivity index (χ1) is 9.08. The van der Waals surface area contributed by atoms with E-state index in [2.05, 4.69) is 0 Å². The maximum absolute atomic E-state index is 11.4. The molecule has 1 aliphatic rings. The molecule has 1 aromatic carbocycles. The monoisotopic (exact) mass is 279 g/mol. The van der Waals surface area contributed by atoms with Crippen LogP contribution >= 0.6 is 11.6 Å². The normalized spacial score (nSPS) is 16.1. The van der Waals surface area contributed by atoms with Crippen LogP contribution in [0.25, 0.3) is 0 Å². The number of benzene rings is 1. The Balaban J connectivity index is 2.15. The molecule has 2 rings (SSSR count). The van der Waals surface area contributed by atoms with Gasteiger partial charge in [0.2, 0.25) is 0 Å². The molecule has 0 amide bonds. The summed E-state index contributed by atoms with van der Waals surface area (Å²) in [4.78, 5) is 11.4. The molecule has 0 N–H and O–H groups in total. The molecule has 0 aliphatic heterocycles. The quantitative estimate of drug-likeness (QED) is 0.795. The van der Waals surface area contributed by atoms with Crippen molar-refractivity contribution in [2.75, 3.05) is 7.11 Å². The minimum atomic E-state index is -0.509. The van der Waals surface area contributed by atoms with Gasteiger partial charge in [0, 0.05) is 0 Å². The van der Waals surface area contributed by atoms with Crippen molar-refractivity contribution < 1.29 is 14.3 Å². The summed E-state index contributed by atoms with van der Waals surface area (Å²) in [6.45, 7) is 0. The van der Waals surface area contributed by atoms with E-state index in [0.29, 0.717) is 16.3 Å². The lowest BCUT2D eigenvalue weighted by Crippen LogP contribution is -2.45. The molecular formula is C14H14ClNO3. The van der Waals surface area contributed by atoms with E-state index in [9.17, 15) is 4.79 Å². The van der Waals surface area contributed by atoms with E-state index in [-0.39, 0.29) is 12.4 Å². The molecule has 1 fully saturated rings. The van der Waals surface area contributed by atoms with Gasteiger partial charge in [-0.25, -0.2) is 0 Å². The van der Waals surface area contributed by atoms with Crippen molar-refractivity contribution in [2.45, 2.75) is 31.3 Å². The van der Waals surface area contributed by atoms with Crippen LogP contribution in [-0.2, 0) is 9.53 Å². The van der Waals surface area contributed by atoms with Crippen molar-refractivity contribution >= 4 is 17.6 Å². The molecule has 1 aromatic rings. The number of hydrogen-bond acceptors (Lipinski definition) is 4. The molecule has 19 heavy (non-hydrogen) atoms. The zero-order valence-corrected chi connectivity index (χ0v) is 11.4. The molecule has 0 atom stereocenters. The Morgan fingerprint density at radius 3 is 2.74 bits per heavy atom. The Morgan fingerprint density at radius 2 is 2.26 bits per heavy atom. The van der Waals surface area contributed by atoms with Gasteiger partial charge in [0.1, 0.15) is 11.4 Å². The minimum Gasteiger partial charge on any atom is -0.485 e. The van der Waals surface area contributed by atoms with Crippen LogP contribution in [0.1, 0.15) is 31.2 Å². The number of esters is 1. The summed E-state index contributed by atoms with van der Waals surface area (Å²) in [7, 11) is 1.36. The zero-order chi connectivity index (χ0) is 13.9. The van der Waals surface area contributed by atoms with Crippen molar-refractivity contribution in [3.63, 3.8) is 0 Å². The largest absolute Gasteiger partial charge is 0.485 e. The van der Waals surface area contributed by atoms with Gasteiger partial charge in [-0.1, -0.05) is 11.6 Å². The molecule has 0 radical (unpaired) electrons. The second-order valence-electron chi connectivity index (χ2n) is 4.65. The average molecular weight is 280 g/mol. The predicted octanol–water partition coefficient (Wildman–Crippen LogP) is 3.08. The van der Waals surface area contributed by atoms with Gasteiger partial charge in [-0.3, -0.25) is 4.79 Å². The number of carbonyl (C=O) groups excluding carboxylic acids is 1. The highest BCUT2D eigenvalue weighted by atomic mass is 35.5. The second-order valence-corrected chi connectivity index (χ2v) is 5.06. The van der Waals surface area contributed by atoms with Crippen LogP contribution in [0, 0.1) is 11.3 Å². The lowest BCUT2D eigenvalue weighted by molar-refractivity contribution is -0.148. The highest BCUT2D eigenvalue weighted by molar-refractivity contribution is 6.32. The molecule has 0 spiro atoms. The van der Waals surface area contributed by atoms with Crippen LogP contribution in [0.3, 0.4) is 0 Å². The molecule has 4 nitrogen and oxygen atoms in total. The number of nitrogens with zero attached hydrogens (tertiary/aromatic N) is 1. The summed E-state index contributed by atoms with van der Waals surface area (Å²) >= 11 is 6.07. The van der Waals surface area contributed by atoms with Gasteiger partial charge < -0.3 is 9.47 Å². The first kappa shape index (κ1) is 13.7. The fourth-order valence-electron chi connectivity index (χ4n) is 2.11. The number of nitriles is 1. The lowest BCUT2D eigenvalue weighted by atomic mass is 9.77. The minimum absolute atomic E-state index is 0.222. The SMILES string of the molecule is COC(=O)CC1(Oc2ccc(C#N)cc2Cl)CCC1. The average Bonchev–Trinajstić information content (AvgIpc) is 2.37. The van der Waals surface area contributed by atoms with Crippen molar-refractivity contribution in [3.05, 3.63) is 28.8 Å². The Morgan fingerprint density at radius 1 is 1.53 bits per heavy atom. The van der Waals surface area contributed by atoms with Crippen molar-refractivity contribution in [3.8, 4) is 11.8 Å². The van der Waals surface area contributed by atoms with Crippen molar-refractivity contribution in [1.82, 2.24) is 0 Å². The number of carbonyl (C=O) groups is 1. The maximum Gasteiger partial charge on any atom is 0.309 e. The Labute approximate surface area is 116 Å². The third-order valence-electron chi connectivity index (χ3n) is 3.35. The smallest absolute Gasteiger partial charge is 0.309 e. The van der Waals surface area contributed by atoms with Gasteiger partial charge in [-0.2, -0.15) is 5.26 Å². The summed E-state index contributed by atoms with van der Waals surface area (Å²) in [5, 5.41) is 9.17. The molecule has 0 aromatic heterocycles. The topological polar surface area (TPSA) is 59.3 Å². The van der Waals surface area contributed by atoms with Gasteiger partial charge in [0.25, 0.3) is 0 Å². The zero-order valence-electron chi connectivity index (χ0n) is 10.6. The van der Waals surface area contributed by atoms with Crippen LogP contribution in [-0.4, -0.2) is 18.7 Å². The highest BCUT2D eigenvalue weighted by Crippen LogP contribution is 2.41. The molecule has 5 heteroatoms.